The van der Waals surface area contributed by atoms with Crippen molar-refractivity contribution >= 4 is 0 Å². The lowest BCUT2D eigenvalue weighted by atomic mass is 10.1. The van der Waals surface area contributed by atoms with Crippen LogP contribution in [0.3, 0.4) is 0 Å². The molecule has 0 amide bonds. The summed E-state index contributed by atoms with van der Waals surface area (Å²) in [6, 6.07) is 6.88. The number of pyridine rings is 1. The number of ether oxygens (including phenoxy) is 1. The quantitative estimate of drug-likeness (QED) is 0.359. The molecule has 0 aliphatic rings. The van der Waals surface area contributed by atoms with Crippen LogP contribution in [0.2, 0.25) is 0 Å². The van der Waals surface area contributed by atoms with Crippen molar-refractivity contribution in [2.24, 2.45) is 0 Å². The van der Waals surface area contributed by atoms with E-state index in [-0.39, 0.29) is 5.82 Å². The van der Waals surface area contributed by atoms with E-state index in [9.17, 15) is 18.4 Å². The van der Waals surface area contributed by atoms with E-state index in [1.54, 1.807) is 32.0 Å². The Bertz CT molecular complexity index is 947. The van der Waals surface area contributed by atoms with Crippen LogP contribution in [-0.4, -0.2) is 16.7 Å². The van der Waals surface area contributed by atoms with Crippen molar-refractivity contribution in [1.82, 2.24) is 10.1 Å². The summed E-state index contributed by atoms with van der Waals surface area (Å²) in [6.07, 6.45) is -0.323. The first-order chi connectivity index (χ1) is 13.2. The number of aromatic nitrogens is 3. The summed E-state index contributed by atoms with van der Waals surface area (Å²) >= 11 is 0. The fourth-order valence-corrected chi connectivity index (χ4v) is 2.86. The van der Waals surface area contributed by atoms with Gasteiger partial charge in [0, 0.05) is 17.2 Å². The van der Waals surface area contributed by atoms with Crippen molar-refractivity contribution in [1.29, 1.82) is 0 Å². The van der Waals surface area contributed by atoms with Crippen LogP contribution in [0.25, 0.3) is 11.4 Å². The molecule has 0 saturated carbocycles. The largest absolute Gasteiger partial charge is 0.619 e. The van der Waals surface area contributed by atoms with Crippen molar-refractivity contribution in [2.45, 2.75) is 32.9 Å². The van der Waals surface area contributed by atoms with Crippen LogP contribution >= 0.6 is 0 Å². The zero-order valence-corrected chi connectivity index (χ0v) is 15.3. The maximum atomic E-state index is 12.6. The molecule has 0 bridgehead atoms. The van der Waals surface area contributed by atoms with E-state index in [4.69, 9.17) is 4.74 Å². The summed E-state index contributed by atoms with van der Waals surface area (Å²) in [7, 11) is 0. The molecule has 2 aromatic heterocycles. The van der Waals surface area contributed by atoms with Crippen LogP contribution in [-0.2, 0) is 12.6 Å². The van der Waals surface area contributed by atoms with Gasteiger partial charge in [0.1, 0.15) is 5.75 Å². The van der Waals surface area contributed by atoms with Crippen LogP contribution in [0.4, 0.5) is 13.2 Å². The summed E-state index contributed by atoms with van der Waals surface area (Å²) in [6.45, 7) is 4.04. The monoisotopic (exact) mass is 393 g/mol. The standard InChI is InChI=1S/C19H18F3N3O3/c1-12-9-15(17-23-18(28-24-17)19(20,21)22)10-13(2)16(12)27-8-4-6-14-5-3-7-25(26)11-14/h3,5,7,9-11H,4,6,8H2,1-2H3. The number of hydrogen-bond acceptors (Lipinski definition) is 5. The highest BCUT2D eigenvalue weighted by Gasteiger charge is 2.38. The molecule has 148 valence electrons. The molecule has 3 aromatic rings. The average Bonchev–Trinajstić information content (AvgIpc) is 3.11. The Morgan fingerprint density at radius 3 is 2.54 bits per heavy atom. The number of nitrogens with zero attached hydrogens (tertiary/aromatic N) is 3. The van der Waals surface area contributed by atoms with Gasteiger partial charge in [-0.15, -0.1) is 0 Å². The van der Waals surface area contributed by atoms with Crippen molar-refractivity contribution < 1.29 is 27.2 Å². The van der Waals surface area contributed by atoms with Crippen LogP contribution in [0.1, 0.15) is 29.0 Å². The highest BCUT2D eigenvalue weighted by molar-refractivity contribution is 5.61. The van der Waals surface area contributed by atoms with Gasteiger partial charge in [0.2, 0.25) is 5.82 Å². The van der Waals surface area contributed by atoms with Crippen LogP contribution < -0.4 is 9.47 Å². The molecule has 0 atom stereocenters. The van der Waals surface area contributed by atoms with Gasteiger partial charge in [-0.3, -0.25) is 0 Å². The molecule has 0 spiro atoms. The second kappa shape index (κ2) is 7.87. The molecular formula is C19H18F3N3O3. The van der Waals surface area contributed by atoms with Gasteiger partial charge in [-0.25, -0.2) is 0 Å². The van der Waals surface area contributed by atoms with E-state index in [1.807, 2.05) is 6.07 Å². The zero-order chi connectivity index (χ0) is 20.3. The molecule has 9 heteroatoms. The van der Waals surface area contributed by atoms with Gasteiger partial charge in [0.15, 0.2) is 12.4 Å². The van der Waals surface area contributed by atoms with Crippen LogP contribution in [0, 0.1) is 19.1 Å². The average molecular weight is 393 g/mol. The first kappa shape index (κ1) is 19.7. The first-order valence-electron chi connectivity index (χ1n) is 8.57. The number of hydrogen-bond donors (Lipinski definition) is 0. The molecule has 0 fully saturated rings. The third kappa shape index (κ3) is 4.59. The molecule has 0 radical (unpaired) electrons. The van der Waals surface area contributed by atoms with Gasteiger partial charge in [-0.1, -0.05) is 5.16 Å². The van der Waals surface area contributed by atoms with Crippen LogP contribution in [0.15, 0.2) is 41.2 Å². The Labute approximate surface area is 159 Å². The van der Waals surface area contributed by atoms with Gasteiger partial charge in [-0.05, 0) is 56.0 Å². The van der Waals surface area contributed by atoms with Crippen LogP contribution in [0.5, 0.6) is 5.75 Å². The summed E-state index contributed by atoms with van der Waals surface area (Å²) in [4.78, 5) is 3.41. The topological polar surface area (TPSA) is 75.1 Å². The lowest BCUT2D eigenvalue weighted by Gasteiger charge is -2.13. The van der Waals surface area contributed by atoms with Gasteiger partial charge in [0.05, 0.1) is 6.61 Å². The van der Waals surface area contributed by atoms with Gasteiger partial charge < -0.3 is 14.5 Å². The number of rotatable bonds is 6. The predicted molar refractivity (Wildman–Crippen MR) is 93.4 cm³/mol. The number of halogens is 3. The SMILES string of the molecule is Cc1cc(-c2noc(C(F)(F)F)n2)cc(C)c1OCCCc1ccc[n+]([O-])c1. The summed E-state index contributed by atoms with van der Waals surface area (Å²) in [5.41, 5.74) is 2.85. The van der Waals surface area contributed by atoms with E-state index in [0.29, 0.717) is 30.8 Å². The van der Waals surface area contributed by atoms with E-state index in [1.165, 1.54) is 12.4 Å². The van der Waals surface area contributed by atoms with Gasteiger partial charge in [0.25, 0.3) is 0 Å². The highest BCUT2D eigenvalue weighted by Crippen LogP contribution is 2.32. The minimum absolute atomic E-state index is 0.125. The normalized spacial score (nSPS) is 11.6. The van der Waals surface area contributed by atoms with Crippen molar-refractivity contribution in [3.63, 3.8) is 0 Å². The third-order valence-corrected chi connectivity index (χ3v) is 4.08. The Kier molecular flexibility index (Phi) is 5.53. The summed E-state index contributed by atoms with van der Waals surface area (Å²) in [5, 5.41) is 14.7. The molecule has 3 rings (SSSR count). The fourth-order valence-electron chi connectivity index (χ4n) is 2.86. The number of aryl methyl sites for hydroxylation is 3. The molecular weight excluding hydrogens is 375 g/mol. The Morgan fingerprint density at radius 2 is 1.93 bits per heavy atom. The van der Waals surface area contributed by atoms with E-state index >= 15 is 0 Å². The molecule has 0 saturated heterocycles. The zero-order valence-electron chi connectivity index (χ0n) is 15.3. The number of benzene rings is 1. The van der Waals surface area contributed by atoms with Crippen molar-refractivity contribution in [2.75, 3.05) is 6.61 Å². The molecule has 1 aromatic carbocycles. The minimum Gasteiger partial charge on any atom is -0.619 e. The predicted octanol–water partition coefficient (Wildman–Crippen LogP) is 4.02. The summed E-state index contributed by atoms with van der Waals surface area (Å²) < 4.78 is 48.7. The lowest BCUT2D eigenvalue weighted by molar-refractivity contribution is -0.605. The molecule has 0 unspecified atom stereocenters. The molecule has 6 nitrogen and oxygen atoms in total. The third-order valence-electron chi connectivity index (χ3n) is 4.08. The van der Waals surface area contributed by atoms with E-state index < -0.39 is 12.1 Å². The van der Waals surface area contributed by atoms with E-state index in [0.717, 1.165) is 21.4 Å². The Morgan fingerprint density at radius 1 is 1.21 bits per heavy atom. The minimum atomic E-state index is -4.68. The maximum Gasteiger partial charge on any atom is 0.471 e. The molecule has 0 aliphatic heterocycles. The lowest BCUT2D eigenvalue weighted by Crippen LogP contribution is -2.24. The fraction of sp³-hybridized carbons (Fsp3) is 0.316. The van der Waals surface area contributed by atoms with Gasteiger partial charge >= 0.3 is 12.1 Å². The Balaban J connectivity index is 1.66. The second-order valence-electron chi connectivity index (χ2n) is 6.38. The molecule has 0 aliphatic carbocycles. The highest BCUT2D eigenvalue weighted by atomic mass is 19.4. The Hall–Kier alpha value is -3.10. The first-order valence-corrected chi connectivity index (χ1v) is 8.57. The molecule has 2 heterocycles. The van der Waals surface area contributed by atoms with E-state index in [2.05, 4.69) is 14.7 Å². The van der Waals surface area contributed by atoms with Crippen molar-refractivity contribution in [3.05, 3.63) is 64.4 Å². The van der Waals surface area contributed by atoms with Crippen molar-refractivity contribution in [3.8, 4) is 17.1 Å². The molecule has 28 heavy (non-hydrogen) atoms. The van der Waals surface area contributed by atoms with Gasteiger partial charge in [-0.2, -0.15) is 22.9 Å². The second-order valence-corrected chi connectivity index (χ2v) is 6.38. The maximum absolute atomic E-state index is 12.6. The molecule has 0 N–H and O–H groups in total. The smallest absolute Gasteiger partial charge is 0.471 e. The summed E-state index contributed by atoms with van der Waals surface area (Å²) in [5.74, 6) is -0.839. The number of alkyl halides is 3.